The monoisotopic (exact) mass is 156 g/mol. The van der Waals surface area contributed by atoms with Gasteiger partial charge in [0, 0.05) is 14.2 Å². The summed E-state index contributed by atoms with van der Waals surface area (Å²) in [5, 5.41) is 12.8. The van der Waals surface area contributed by atoms with Gasteiger partial charge in [-0.25, -0.2) is 0 Å². The number of methoxy groups -OCH3 is 1. The molecule has 4 heteroatoms. The molecule has 11 heavy (non-hydrogen) atoms. The fourth-order valence-corrected chi connectivity index (χ4v) is 0.932. The predicted octanol–water partition coefficient (Wildman–Crippen LogP) is 0.0588. The summed E-state index contributed by atoms with van der Waals surface area (Å²) in [5.41, 5.74) is 1.65. The zero-order valence-corrected chi connectivity index (χ0v) is 6.74. The third-order valence-electron chi connectivity index (χ3n) is 1.48. The number of ether oxygens (including phenoxy) is 1. The topological polar surface area (TPSA) is 47.3 Å². The van der Waals surface area contributed by atoms with E-state index in [1.54, 1.807) is 11.8 Å². The molecule has 1 rings (SSSR count). The summed E-state index contributed by atoms with van der Waals surface area (Å²) in [7, 11) is 3.46. The highest BCUT2D eigenvalue weighted by Gasteiger charge is 2.02. The van der Waals surface area contributed by atoms with Crippen molar-refractivity contribution in [1.82, 2.24) is 9.78 Å². The van der Waals surface area contributed by atoms with E-state index in [0.717, 1.165) is 5.69 Å². The first kappa shape index (κ1) is 8.23. The summed E-state index contributed by atoms with van der Waals surface area (Å²) < 4.78 is 6.63. The maximum Gasteiger partial charge on any atom is 0.0882 e. The Bertz CT molecular complexity index is 232. The molecule has 0 saturated carbocycles. The molecule has 1 aromatic heterocycles. The second kappa shape index (κ2) is 3.50. The number of hydrogen-bond donors (Lipinski definition) is 1. The van der Waals surface area contributed by atoms with Crippen LogP contribution in [-0.4, -0.2) is 22.0 Å². The molecule has 0 spiro atoms. The van der Waals surface area contributed by atoms with Crippen LogP contribution in [0.25, 0.3) is 0 Å². The van der Waals surface area contributed by atoms with Crippen molar-refractivity contribution in [1.29, 1.82) is 0 Å². The van der Waals surface area contributed by atoms with Crippen LogP contribution >= 0.6 is 0 Å². The summed E-state index contributed by atoms with van der Waals surface area (Å²) in [4.78, 5) is 0. The molecule has 0 unspecified atom stereocenters. The third-order valence-corrected chi connectivity index (χ3v) is 1.48. The van der Waals surface area contributed by atoms with Crippen molar-refractivity contribution in [3.05, 3.63) is 17.5 Å². The van der Waals surface area contributed by atoms with Gasteiger partial charge in [0.05, 0.1) is 24.6 Å². The van der Waals surface area contributed by atoms with E-state index in [9.17, 15) is 0 Å². The van der Waals surface area contributed by atoms with Crippen LogP contribution in [-0.2, 0) is 25.0 Å². The van der Waals surface area contributed by atoms with E-state index in [-0.39, 0.29) is 6.61 Å². The molecule has 0 saturated heterocycles. The SMILES string of the molecule is COCc1cc(CO)nn1C. The van der Waals surface area contributed by atoms with Gasteiger partial charge < -0.3 is 9.84 Å². The lowest BCUT2D eigenvalue weighted by Gasteiger charge is -1.97. The van der Waals surface area contributed by atoms with Gasteiger partial charge in [-0.05, 0) is 6.07 Å². The minimum absolute atomic E-state index is 0.0163. The van der Waals surface area contributed by atoms with E-state index < -0.39 is 0 Å². The van der Waals surface area contributed by atoms with Crippen LogP contribution in [0.1, 0.15) is 11.4 Å². The largest absolute Gasteiger partial charge is 0.390 e. The number of aliphatic hydroxyl groups is 1. The van der Waals surface area contributed by atoms with Crippen LogP contribution in [0.3, 0.4) is 0 Å². The van der Waals surface area contributed by atoms with E-state index in [1.807, 2.05) is 13.1 Å². The molecule has 0 bridgehead atoms. The molecule has 0 aliphatic carbocycles. The van der Waals surface area contributed by atoms with Gasteiger partial charge in [0.25, 0.3) is 0 Å². The highest BCUT2D eigenvalue weighted by molar-refractivity contribution is 5.08. The van der Waals surface area contributed by atoms with Crippen LogP contribution in [0, 0.1) is 0 Å². The molecule has 0 radical (unpaired) electrons. The van der Waals surface area contributed by atoms with Gasteiger partial charge in [-0.1, -0.05) is 0 Å². The summed E-state index contributed by atoms with van der Waals surface area (Å²) in [6, 6.07) is 1.82. The van der Waals surface area contributed by atoms with E-state index >= 15 is 0 Å². The number of aromatic nitrogens is 2. The van der Waals surface area contributed by atoms with E-state index in [4.69, 9.17) is 9.84 Å². The summed E-state index contributed by atoms with van der Waals surface area (Å²) in [6.07, 6.45) is 0. The minimum Gasteiger partial charge on any atom is -0.390 e. The van der Waals surface area contributed by atoms with Crippen LogP contribution in [0.15, 0.2) is 6.07 Å². The summed E-state index contributed by atoms with van der Waals surface area (Å²) in [6.45, 7) is 0.515. The molecule has 0 amide bonds. The van der Waals surface area contributed by atoms with Crippen molar-refractivity contribution >= 4 is 0 Å². The number of aryl methyl sites for hydroxylation is 1. The Hall–Kier alpha value is -0.870. The van der Waals surface area contributed by atoms with Crippen LogP contribution < -0.4 is 0 Å². The fraction of sp³-hybridized carbons (Fsp3) is 0.571. The van der Waals surface area contributed by atoms with Crippen molar-refractivity contribution in [2.45, 2.75) is 13.2 Å². The van der Waals surface area contributed by atoms with Gasteiger partial charge in [-0.3, -0.25) is 4.68 Å². The minimum atomic E-state index is -0.0163. The van der Waals surface area contributed by atoms with Gasteiger partial charge in [0.2, 0.25) is 0 Å². The fourth-order valence-electron chi connectivity index (χ4n) is 0.932. The molecule has 0 aliphatic heterocycles. The summed E-state index contributed by atoms with van der Waals surface area (Å²) >= 11 is 0. The molecular weight excluding hydrogens is 144 g/mol. The lowest BCUT2D eigenvalue weighted by atomic mass is 10.4. The molecule has 1 heterocycles. The average molecular weight is 156 g/mol. The van der Waals surface area contributed by atoms with E-state index in [2.05, 4.69) is 5.10 Å². The number of aliphatic hydroxyl groups excluding tert-OH is 1. The number of hydrogen-bond acceptors (Lipinski definition) is 3. The molecular formula is C7H12N2O2. The zero-order valence-electron chi connectivity index (χ0n) is 6.74. The van der Waals surface area contributed by atoms with Crippen LogP contribution in [0.4, 0.5) is 0 Å². The molecule has 1 aromatic rings. The lowest BCUT2D eigenvalue weighted by molar-refractivity contribution is 0.178. The Morgan fingerprint density at radius 2 is 2.45 bits per heavy atom. The normalized spacial score (nSPS) is 10.5. The average Bonchev–Trinajstić information content (AvgIpc) is 2.33. The molecule has 0 atom stereocenters. The summed E-state index contributed by atoms with van der Waals surface area (Å²) in [5.74, 6) is 0. The van der Waals surface area contributed by atoms with Crippen LogP contribution in [0.2, 0.25) is 0 Å². The molecule has 0 aliphatic rings. The van der Waals surface area contributed by atoms with E-state index in [1.165, 1.54) is 0 Å². The van der Waals surface area contributed by atoms with Crippen molar-refractivity contribution in [3.8, 4) is 0 Å². The Balaban J connectivity index is 2.79. The zero-order chi connectivity index (χ0) is 8.27. The Morgan fingerprint density at radius 1 is 1.73 bits per heavy atom. The quantitative estimate of drug-likeness (QED) is 0.673. The Kier molecular flexibility index (Phi) is 2.62. The highest BCUT2D eigenvalue weighted by Crippen LogP contribution is 2.03. The third kappa shape index (κ3) is 1.78. The highest BCUT2D eigenvalue weighted by atomic mass is 16.5. The first-order chi connectivity index (χ1) is 5.27. The second-order valence-corrected chi connectivity index (χ2v) is 2.34. The van der Waals surface area contributed by atoms with Crippen molar-refractivity contribution in [2.24, 2.45) is 7.05 Å². The van der Waals surface area contributed by atoms with Crippen molar-refractivity contribution in [2.75, 3.05) is 7.11 Å². The standard InChI is InChI=1S/C7H12N2O2/c1-9-7(5-11-2)3-6(4-10)8-9/h3,10H,4-5H2,1-2H3. The molecule has 0 fully saturated rings. The van der Waals surface area contributed by atoms with Gasteiger partial charge in [-0.2, -0.15) is 5.10 Å². The molecule has 1 N–H and O–H groups in total. The number of nitrogens with zero attached hydrogens (tertiary/aromatic N) is 2. The van der Waals surface area contributed by atoms with Crippen molar-refractivity contribution < 1.29 is 9.84 Å². The lowest BCUT2D eigenvalue weighted by Crippen LogP contribution is -1.99. The van der Waals surface area contributed by atoms with Gasteiger partial charge in [0.1, 0.15) is 0 Å². The second-order valence-electron chi connectivity index (χ2n) is 2.34. The van der Waals surface area contributed by atoms with Crippen molar-refractivity contribution in [3.63, 3.8) is 0 Å². The molecule has 0 aromatic carbocycles. The maximum absolute atomic E-state index is 8.73. The van der Waals surface area contributed by atoms with Crippen LogP contribution in [0.5, 0.6) is 0 Å². The molecule has 4 nitrogen and oxygen atoms in total. The van der Waals surface area contributed by atoms with E-state index in [0.29, 0.717) is 12.3 Å². The molecule has 62 valence electrons. The van der Waals surface area contributed by atoms with Gasteiger partial charge in [0.15, 0.2) is 0 Å². The Morgan fingerprint density at radius 3 is 2.91 bits per heavy atom. The predicted molar refractivity (Wildman–Crippen MR) is 39.8 cm³/mol. The maximum atomic E-state index is 8.73. The Labute approximate surface area is 65.4 Å². The van der Waals surface area contributed by atoms with Gasteiger partial charge >= 0.3 is 0 Å². The number of rotatable bonds is 3. The first-order valence-corrected chi connectivity index (χ1v) is 3.39. The first-order valence-electron chi connectivity index (χ1n) is 3.39. The van der Waals surface area contributed by atoms with Gasteiger partial charge in [-0.15, -0.1) is 0 Å². The smallest absolute Gasteiger partial charge is 0.0882 e.